The molecule has 1 aliphatic rings. The topological polar surface area (TPSA) is 132 Å². The van der Waals surface area contributed by atoms with Crippen LogP contribution in [0.15, 0.2) is 42.9 Å². The molecule has 11 heteroatoms. The van der Waals surface area contributed by atoms with E-state index < -0.39 is 23.3 Å². The average Bonchev–Trinajstić information content (AvgIpc) is 3.31. The number of H-pyrrole nitrogens is 1. The Kier molecular flexibility index (Phi) is 7.37. The highest BCUT2D eigenvalue weighted by molar-refractivity contribution is 6.30. The Hall–Kier alpha value is -3.37. The van der Waals surface area contributed by atoms with Crippen LogP contribution in [0.5, 0.6) is 0 Å². The Morgan fingerprint density at radius 3 is 2.56 bits per heavy atom. The third-order valence-electron chi connectivity index (χ3n) is 6.14. The van der Waals surface area contributed by atoms with E-state index in [2.05, 4.69) is 30.5 Å². The van der Waals surface area contributed by atoms with E-state index in [1.54, 1.807) is 51.2 Å². The number of nitrogens with zero attached hydrogens (tertiary/aromatic N) is 3. The maximum atomic E-state index is 13.5. The van der Waals surface area contributed by atoms with Gasteiger partial charge in [-0.15, -0.1) is 0 Å². The number of aromatic nitrogens is 3. The van der Waals surface area contributed by atoms with Crippen molar-refractivity contribution in [3.63, 3.8) is 0 Å². The van der Waals surface area contributed by atoms with E-state index in [-0.39, 0.29) is 12.5 Å². The molecule has 36 heavy (non-hydrogen) atoms. The highest BCUT2D eigenvalue weighted by Gasteiger charge is 2.44. The van der Waals surface area contributed by atoms with Gasteiger partial charge in [0.1, 0.15) is 28.9 Å². The molecule has 3 heterocycles. The van der Waals surface area contributed by atoms with Crippen LogP contribution in [0.25, 0.3) is 11.0 Å². The van der Waals surface area contributed by atoms with Gasteiger partial charge in [-0.2, -0.15) is 0 Å². The van der Waals surface area contributed by atoms with E-state index in [0.717, 1.165) is 16.9 Å². The fraction of sp³-hybridized carbons (Fsp3) is 0.440. The summed E-state index contributed by atoms with van der Waals surface area (Å²) in [6, 6.07) is 8.68. The Morgan fingerprint density at radius 1 is 1.19 bits per heavy atom. The summed E-state index contributed by atoms with van der Waals surface area (Å²) in [5, 5.41) is 17.6. The molecule has 0 spiro atoms. The van der Waals surface area contributed by atoms with Gasteiger partial charge in [-0.05, 0) is 57.4 Å². The Labute approximate surface area is 214 Å². The molecule has 0 bridgehead atoms. The molecule has 1 fully saturated rings. The number of nitrogens with one attached hydrogen (secondary N) is 3. The smallest absolute Gasteiger partial charge is 0.408 e. The van der Waals surface area contributed by atoms with E-state index >= 15 is 0 Å². The first-order valence-electron chi connectivity index (χ1n) is 11.8. The Bertz CT molecular complexity index is 1220. The van der Waals surface area contributed by atoms with Gasteiger partial charge in [0.05, 0.1) is 11.5 Å². The van der Waals surface area contributed by atoms with E-state index in [9.17, 15) is 14.7 Å². The average molecular weight is 515 g/mol. The monoisotopic (exact) mass is 514 g/mol. The fourth-order valence-electron chi connectivity index (χ4n) is 4.28. The number of ether oxygens (including phenoxy) is 1. The molecule has 1 atom stereocenters. The summed E-state index contributed by atoms with van der Waals surface area (Å²) in [6.45, 7) is 6.23. The number of anilines is 1. The standard InChI is InChI=1S/C25H31ClN6O4/c1-24(2,3)36-23(35)31-25(22(34)28-14-19(33)16-4-6-17(26)7-5-16)9-12-32(13-10-25)21-18-8-11-27-20(18)29-15-30-21/h4-8,11,15,19,33H,9-10,12-14H2,1-3H3,(H,28,34)(H,31,35)(H,27,29,30). The van der Waals surface area contributed by atoms with Gasteiger partial charge in [-0.1, -0.05) is 23.7 Å². The quantitative estimate of drug-likeness (QED) is 0.396. The highest BCUT2D eigenvalue weighted by Crippen LogP contribution is 2.30. The number of fused-ring (bicyclic) bond motifs is 1. The molecule has 192 valence electrons. The first kappa shape index (κ1) is 25.7. The Morgan fingerprint density at radius 2 is 1.89 bits per heavy atom. The number of alkyl carbamates (subject to hydrolysis) is 1. The second-order valence-electron chi connectivity index (χ2n) is 9.91. The normalized spacial score (nSPS) is 16.4. The zero-order chi connectivity index (χ0) is 25.9. The highest BCUT2D eigenvalue weighted by atomic mass is 35.5. The second-order valence-corrected chi connectivity index (χ2v) is 10.3. The summed E-state index contributed by atoms with van der Waals surface area (Å²) in [5.41, 5.74) is -0.558. The number of hydrogen-bond donors (Lipinski definition) is 4. The molecule has 0 aliphatic carbocycles. The first-order chi connectivity index (χ1) is 17.1. The number of amides is 2. The van der Waals surface area contributed by atoms with Crippen LogP contribution >= 0.6 is 11.6 Å². The number of carbonyl (C=O) groups is 2. The lowest BCUT2D eigenvalue weighted by Gasteiger charge is -2.41. The van der Waals surface area contributed by atoms with E-state index in [1.807, 2.05) is 6.07 Å². The summed E-state index contributed by atoms with van der Waals surface area (Å²) in [5.74, 6) is 0.390. The summed E-state index contributed by atoms with van der Waals surface area (Å²) in [4.78, 5) is 40.0. The van der Waals surface area contributed by atoms with Crippen LogP contribution in [0.1, 0.15) is 45.3 Å². The van der Waals surface area contributed by atoms with Crippen molar-refractivity contribution in [2.75, 3.05) is 24.5 Å². The lowest BCUT2D eigenvalue weighted by Crippen LogP contribution is -2.64. The summed E-state index contributed by atoms with van der Waals surface area (Å²) >= 11 is 5.92. The summed E-state index contributed by atoms with van der Waals surface area (Å²) in [6.07, 6.45) is 2.36. The summed E-state index contributed by atoms with van der Waals surface area (Å²) in [7, 11) is 0. The molecule has 4 N–H and O–H groups in total. The van der Waals surface area contributed by atoms with Crippen molar-refractivity contribution < 1.29 is 19.4 Å². The van der Waals surface area contributed by atoms with Crippen molar-refractivity contribution in [3.8, 4) is 0 Å². The minimum absolute atomic E-state index is 0.0161. The number of aliphatic hydroxyl groups excluding tert-OH is 1. The predicted molar refractivity (Wildman–Crippen MR) is 137 cm³/mol. The molecule has 4 rings (SSSR count). The van der Waals surface area contributed by atoms with Crippen molar-refractivity contribution in [3.05, 3.63) is 53.4 Å². The third-order valence-corrected chi connectivity index (χ3v) is 6.39. The minimum atomic E-state index is -1.21. The van der Waals surface area contributed by atoms with Gasteiger partial charge >= 0.3 is 6.09 Å². The van der Waals surface area contributed by atoms with Gasteiger partial charge in [-0.3, -0.25) is 4.79 Å². The third kappa shape index (κ3) is 5.88. The number of hydrogen-bond acceptors (Lipinski definition) is 7. The molecule has 2 aromatic heterocycles. The van der Waals surface area contributed by atoms with Gasteiger partial charge in [0.15, 0.2) is 0 Å². The van der Waals surface area contributed by atoms with Crippen molar-refractivity contribution >= 4 is 40.5 Å². The zero-order valence-corrected chi connectivity index (χ0v) is 21.3. The van der Waals surface area contributed by atoms with Gasteiger partial charge < -0.3 is 30.4 Å². The van der Waals surface area contributed by atoms with Gasteiger partial charge in [-0.25, -0.2) is 14.8 Å². The molecular weight excluding hydrogens is 484 g/mol. The van der Waals surface area contributed by atoms with Gasteiger partial charge in [0, 0.05) is 30.9 Å². The molecule has 3 aromatic rings. The number of benzene rings is 1. The maximum absolute atomic E-state index is 13.5. The van der Waals surface area contributed by atoms with Crippen LogP contribution in [-0.2, 0) is 9.53 Å². The lowest BCUT2D eigenvalue weighted by molar-refractivity contribution is -0.129. The van der Waals surface area contributed by atoms with Crippen molar-refractivity contribution in [2.45, 2.75) is 50.9 Å². The molecule has 0 radical (unpaired) electrons. The largest absolute Gasteiger partial charge is 0.444 e. The molecule has 1 saturated heterocycles. The first-order valence-corrected chi connectivity index (χ1v) is 12.2. The molecule has 1 aromatic carbocycles. The predicted octanol–water partition coefficient (Wildman–Crippen LogP) is 3.32. The fourth-order valence-corrected chi connectivity index (χ4v) is 4.41. The molecule has 1 aliphatic heterocycles. The van der Waals surface area contributed by atoms with E-state index in [1.165, 1.54) is 6.33 Å². The van der Waals surface area contributed by atoms with Gasteiger partial charge in [0.25, 0.3) is 0 Å². The number of aromatic amines is 1. The van der Waals surface area contributed by atoms with Crippen LogP contribution in [-0.4, -0.2) is 62.8 Å². The molecule has 1 unspecified atom stereocenters. The van der Waals surface area contributed by atoms with Crippen LogP contribution in [0.4, 0.5) is 10.6 Å². The van der Waals surface area contributed by atoms with Crippen molar-refractivity contribution in [2.24, 2.45) is 0 Å². The molecule has 2 amide bonds. The second kappa shape index (κ2) is 10.3. The SMILES string of the molecule is CC(C)(C)OC(=O)NC1(C(=O)NCC(O)c2ccc(Cl)cc2)CCN(c2ncnc3[nH]ccc23)CC1. The van der Waals surface area contributed by atoms with Crippen LogP contribution in [0.2, 0.25) is 5.02 Å². The summed E-state index contributed by atoms with van der Waals surface area (Å²) < 4.78 is 5.45. The van der Waals surface area contributed by atoms with Crippen LogP contribution < -0.4 is 15.5 Å². The number of piperidine rings is 1. The number of rotatable bonds is 6. The minimum Gasteiger partial charge on any atom is -0.444 e. The van der Waals surface area contributed by atoms with Gasteiger partial charge in [0.2, 0.25) is 5.91 Å². The van der Waals surface area contributed by atoms with Crippen molar-refractivity contribution in [1.82, 2.24) is 25.6 Å². The number of aliphatic hydroxyl groups is 1. The lowest BCUT2D eigenvalue weighted by atomic mass is 9.86. The van der Waals surface area contributed by atoms with Crippen LogP contribution in [0, 0.1) is 0 Å². The van der Waals surface area contributed by atoms with E-state index in [4.69, 9.17) is 16.3 Å². The van der Waals surface area contributed by atoms with E-state index in [0.29, 0.717) is 36.5 Å². The number of carbonyl (C=O) groups excluding carboxylic acids is 2. The zero-order valence-electron chi connectivity index (χ0n) is 20.5. The molecule has 10 nitrogen and oxygen atoms in total. The molecule has 0 saturated carbocycles. The molecular formula is C25H31ClN6O4. The number of halogens is 1. The maximum Gasteiger partial charge on any atom is 0.408 e. The van der Waals surface area contributed by atoms with Crippen molar-refractivity contribution in [1.29, 1.82) is 0 Å². The van der Waals surface area contributed by atoms with Crippen LogP contribution in [0.3, 0.4) is 0 Å². The Balaban J connectivity index is 1.49.